The van der Waals surface area contributed by atoms with Crippen molar-refractivity contribution >= 4 is 45.0 Å². The zero-order valence-electron chi connectivity index (χ0n) is 16.9. The Bertz CT molecular complexity index is 1010. The average molecular weight is 469 g/mol. The summed E-state index contributed by atoms with van der Waals surface area (Å²) < 4.78 is 32.7. The van der Waals surface area contributed by atoms with Gasteiger partial charge in [0.05, 0.1) is 16.5 Å². The molecule has 0 aliphatic carbocycles. The van der Waals surface area contributed by atoms with E-state index in [-0.39, 0.29) is 34.8 Å². The quantitative estimate of drug-likeness (QED) is 0.605. The second-order valence-corrected chi connectivity index (χ2v) is 10.1. The number of carbonyl (C=O) groups excluding carboxylic acids is 1. The summed E-state index contributed by atoms with van der Waals surface area (Å²) in [5.74, 6) is 0.159. The van der Waals surface area contributed by atoms with Crippen molar-refractivity contribution in [3.8, 4) is 5.75 Å². The van der Waals surface area contributed by atoms with Gasteiger partial charge >= 0.3 is 0 Å². The maximum absolute atomic E-state index is 13.0. The van der Waals surface area contributed by atoms with Crippen molar-refractivity contribution in [2.45, 2.75) is 29.6 Å². The number of thioether (sulfide) groups is 1. The molecule has 0 unspecified atom stereocenters. The van der Waals surface area contributed by atoms with Crippen LogP contribution in [0.5, 0.6) is 5.75 Å². The molecule has 0 aromatic heterocycles. The summed E-state index contributed by atoms with van der Waals surface area (Å²) in [5, 5.41) is 3.21. The van der Waals surface area contributed by atoms with Gasteiger partial charge < -0.3 is 10.1 Å². The number of anilines is 1. The van der Waals surface area contributed by atoms with Crippen LogP contribution in [0.1, 0.15) is 19.8 Å². The summed E-state index contributed by atoms with van der Waals surface area (Å²) in [7, 11) is -3.67. The van der Waals surface area contributed by atoms with Crippen molar-refractivity contribution < 1.29 is 17.9 Å². The minimum Gasteiger partial charge on any atom is -0.492 e. The van der Waals surface area contributed by atoms with Gasteiger partial charge in [-0.2, -0.15) is 4.31 Å². The van der Waals surface area contributed by atoms with E-state index in [1.165, 1.54) is 16.4 Å². The largest absolute Gasteiger partial charge is 0.492 e. The third-order valence-corrected chi connectivity index (χ3v) is 7.92. The van der Waals surface area contributed by atoms with Crippen molar-refractivity contribution in [1.82, 2.24) is 4.31 Å². The highest BCUT2D eigenvalue weighted by molar-refractivity contribution is 7.98. The Morgan fingerprint density at radius 2 is 1.97 bits per heavy atom. The summed E-state index contributed by atoms with van der Waals surface area (Å²) in [4.78, 5) is 13.8. The average Bonchev–Trinajstić information content (AvgIpc) is 2.75. The van der Waals surface area contributed by atoms with Crippen molar-refractivity contribution in [3.63, 3.8) is 0 Å². The van der Waals surface area contributed by atoms with Crippen LogP contribution in [0.25, 0.3) is 0 Å². The van der Waals surface area contributed by atoms with Gasteiger partial charge in [-0.3, -0.25) is 4.79 Å². The standard InChI is InChI=1S/C21H25ClN2O4S2/c1-3-28-20-8-7-18(14-19(20)22)30(26,27)24-11-9-15(10-12-24)21(25)23-16-5-4-6-17(13-16)29-2/h4-8,13-15H,3,9-12H2,1-2H3,(H,23,25). The molecule has 9 heteroatoms. The van der Waals surface area contributed by atoms with E-state index in [0.717, 1.165) is 10.6 Å². The summed E-state index contributed by atoms with van der Waals surface area (Å²) in [6, 6.07) is 12.2. The molecule has 1 heterocycles. The highest BCUT2D eigenvalue weighted by atomic mass is 35.5. The Balaban J connectivity index is 1.62. The van der Waals surface area contributed by atoms with E-state index in [1.54, 1.807) is 17.8 Å². The van der Waals surface area contributed by atoms with Gasteiger partial charge in [0, 0.05) is 29.6 Å². The molecule has 1 amide bonds. The van der Waals surface area contributed by atoms with Crippen LogP contribution >= 0.6 is 23.4 Å². The number of nitrogens with zero attached hydrogens (tertiary/aromatic N) is 1. The number of sulfonamides is 1. The predicted molar refractivity (Wildman–Crippen MR) is 121 cm³/mol. The minimum absolute atomic E-state index is 0.0746. The number of ether oxygens (including phenoxy) is 1. The monoisotopic (exact) mass is 468 g/mol. The van der Waals surface area contributed by atoms with Crippen LogP contribution in [-0.4, -0.2) is 44.6 Å². The second-order valence-electron chi connectivity index (χ2n) is 6.92. The number of benzene rings is 2. The van der Waals surface area contributed by atoms with Crippen molar-refractivity contribution in [2.24, 2.45) is 5.92 Å². The molecule has 2 aromatic rings. The topological polar surface area (TPSA) is 75.7 Å². The Labute approximate surface area is 187 Å². The first kappa shape index (κ1) is 22.9. The highest BCUT2D eigenvalue weighted by Crippen LogP contribution is 2.31. The van der Waals surface area contributed by atoms with E-state index in [4.69, 9.17) is 16.3 Å². The van der Waals surface area contributed by atoms with E-state index in [9.17, 15) is 13.2 Å². The van der Waals surface area contributed by atoms with Crippen molar-refractivity contribution in [1.29, 1.82) is 0 Å². The number of halogens is 1. The molecule has 162 valence electrons. The molecule has 1 aliphatic rings. The third kappa shape index (κ3) is 5.29. The SMILES string of the molecule is CCOc1ccc(S(=O)(=O)N2CCC(C(=O)Nc3cccc(SC)c3)CC2)cc1Cl. The summed E-state index contributed by atoms with van der Waals surface area (Å²) in [6.07, 6.45) is 2.92. The number of carbonyl (C=O) groups is 1. The number of hydrogen-bond acceptors (Lipinski definition) is 5. The van der Waals surface area contributed by atoms with Crippen LogP contribution in [0, 0.1) is 5.92 Å². The lowest BCUT2D eigenvalue weighted by Crippen LogP contribution is -2.41. The molecule has 6 nitrogen and oxygen atoms in total. The van der Waals surface area contributed by atoms with Gasteiger partial charge in [-0.05, 0) is 62.4 Å². The fourth-order valence-corrected chi connectivity index (χ4v) is 5.62. The number of piperidine rings is 1. The van der Waals surface area contributed by atoms with Crippen LogP contribution in [0.15, 0.2) is 52.3 Å². The van der Waals surface area contributed by atoms with Gasteiger partial charge in [-0.25, -0.2) is 8.42 Å². The van der Waals surface area contributed by atoms with Gasteiger partial charge in [-0.1, -0.05) is 17.7 Å². The smallest absolute Gasteiger partial charge is 0.243 e. The van der Waals surface area contributed by atoms with Crippen LogP contribution in [-0.2, 0) is 14.8 Å². The minimum atomic E-state index is -3.67. The Kier molecular flexibility index (Phi) is 7.68. The van der Waals surface area contributed by atoms with Crippen LogP contribution in [0.2, 0.25) is 5.02 Å². The second kappa shape index (κ2) is 10.0. The van der Waals surface area contributed by atoms with Gasteiger partial charge in [0.1, 0.15) is 5.75 Å². The summed E-state index contributed by atoms with van der Waals surface area (Å²) in [6.45, 7) is 2.86. The van der Waals surface area contributed by atoms with Gasteiger partial charge in [0.2, 0.25) is 15.9 Å². The molecular formula is C21H25ClN2O4S2. The molecule has 0 radical (unpaired) electrons. The van der Waals surface area contributed by atoms with Gasteiger partial charge in [0.25, 0.3) is 0 Å². The van der Waals surface area contributed by atoms with Gasteiger partial charge in [-0.15, -0.1) is 11.8 Å². The van der Waals surface area contributed by atoms with Crippen LogP contribution < -0.4 is 10.1 Å². The van der Waals surface area contributed by atoms with Gasteiger partial charge in [0.15, 0.2) is 0 Å². The lowest BCUT2D eigenvalue weighted by Gasteiger charge is -2.30. The number of amides is 1. The fraction of sp³-hybridized carbons (Fsp3) is 0.381. The zero-order valence-corrected chi connectivity index (χ0v) is 19.3. The lowest BCUT2D eigenvalue weighted by molar-refractivity contribution is -0.120. The molecule has 0 atom stereocenters. The number of hydrogen-bond donors (Lipinski definition) is 1. The van der Waals surface area contributed by atoms with E-state index in [0.29, 0.717) is 25.2 Å². The Morgan fingerprint density at radius 1 is 1.23 bits per heavy atom. The predicted octanol–water partition coefficient (Wildman–Crippen LogP) is 4.50. The molecule has 2 aromatic carbocycles. The lowest BCUT2D eigenvalue weighted by atomic mass is 9.97. The van der Waals surface area contributed by atoms with Crippen molar-refractivity contribution in [2.75, 3.05) is 31.3 Å². The van der Waals surface area contributed by atoms with E-state index >= 15 is 0 Å². The number of rotatable bonds is 7. The Morgan fingerprint density at radius 3 is 2.60 bits per heavy atom. The molecule has 0 saturated carbocycles. The number of nitrogens with one attached hydrogen (secondary N) is 1. The maximum atomic E-state index is 13.0. The molecule has 1 N–H and O–H groups in total. The third-order valence-electron chi connectivity index (χ3n) is 5.00. The highest BCUT2D eigenvalue weighted by Gasteiger charge is 2.32. The van der Waals surface area contributed by atoms with Crippen LogP contribution in [0.3, 0.4) is 0 Å². The molecule has 30 heavy (non-hydrogen) atoms. The first-order valence-corrected chi connectivity index (χ1v) is 12.8. The van der Waals surface area contributed by atoms with Crippen LogP contribution in [0.4, 0.5) is 5.69 Å². The van der Waals surface area contributed by atoms with E-state index in [1.807, 2.05) is 37.4 Å². The fourth-order valence-electron chi connectivity index (χ4n) is 3.37. The summed E-state index contributed by atoms with van der Waals surface area (Å²) >= 11 is 7.76. The zero-order chi connectivity index (χ0) is 21.7. The maximum Gasteiger partial charge on any atom is 0.243 e. The van der Waals surface area contributed by atoms with Crippen molar-refractivity contribution in [3.05, 3.63) is 47.5 Å². The Hall–Kier alpha value is -1.74. The first-order valence-electron chi connectivity index (χ1n) is 9.72. The molecule has 1 saturated heterocycles. The summed E-state index contributed by atoms with van der Waals surface area (Å²) in [5.41, 5.74) is 0.755. The molecule has 0 spiro atoms. The molecular weight excluding hydrogens is 444 g/mol. The molecule has 0 bridgehead atoms. The molecule has 3 rings (SSSR count). The van der Waals surface area contributed by atoms with E-state index < -0.39 is 10.0 Å². The molecule has 1 fully saturated rings. The van der Waals surface area contributed by atoms with E-state index in [2.05, 4.69) is 5.32 Å². The first-order chi connectivity index (χ1) is 14.3. The molecule has 1 aliphatic heterocycles. The normalized spacial score (nSPS) is 15.7.